The molecule has 1 saturated heterocycles. The molecule has 0 aromatic heterocycles. The molecule has 2 aromatic carbocycles. The lowest BCUT2D eigenvalue weighted by molar-refractivity contribution is -0.0959. The van der Waals surface area contributed by atoms with Crippen LogP contribution in [0.2, 0.25) is 5.02 Å². The van der Waals surface area contributed by atoms with Crippen LogP contribution in [-0.4, -0.2) is 124 Å². The van der Waals surface area contributed by atoms with E-state index in [1.54, 1.807) is 13.0 Å². The van der Waals surface area contributed by atoms with Gasteiger partial charge in [-0.05, 0) is 105 Å². The number of benzene rings is 2. The SMILES string of the molecule is CO[C@@]1(CN2CCN(CC(CO)CO)CC2)/C=C/C[C@H](C)[C@@H](C)S(=O)(=O)NC(=O)c2ccc3c(c2)N(C[C@@H]2CC[C@H]21)C[C@@]1(CCCc2cc(Cl)ccc21)CO3. The highest BCUT2D eigenvalue weighted by Crippen LogP contribution is 2.49. The standard InChI is InChI=1S/C42H59ClN4O7S/c1-29-6-4-15-42(53-3,27-46-18-16-45(17-19-46)22-31(24-48)25-49)37-11-8-34(37)23-47-26-41(14-5-7-32-20-35(43)10-12-36(32)41)28-54-39-13-9-33(21-38(39)47)40(50)44-55(51,52)30(29)2/h4,9-10,12-13,15,20-21,29-31,34,37,48-49H,5-8,11,14,16-19,22-28H2,1-3H3,(H,44,50)/b15-4+/t29-,30+,34-,37+,41-,42+/m0/s1. The highest BCUT2D eigenvalue weighted by molar-refractivity contribution is 7.90. The van der Waals surface area contributed by atoms with Crippen LogP contribution in [0.4, 0.5) is 5.69 Å². The molecule has 3 N–H and O–H groups in total. The van der Waals surface area contributed by atoms with E-state index in [1.165, 1.54) is 11.1 Å². The van der Waals surface area contributed by atoms with Gasteiger partial charge in [-0.2, -0.15) is 0 Å². The lowest BCUT2D eigenvalue weighted by Gasteiger charge is -2.52. The quantitative estimate of drug-likeness (QED) is 0.345. The first kappa shape index (κ1) is 40.5. The third-order valence-corrected chi connectivity index (χ3v) is 15.7. The molecule has 0 unspecified atom stereocenters. The molecule has 2 aliphatic carbocycles. The van der Waals surface area contributed by atoms with Crippen molar-refractivity contribution in [1.82, 2.24) is 14.5 Å². The Kier molecular flexibility index (Phi) is 12.2. The molecule has 3 heterocycles. The highest BCUT2D eigenvalue weighted by Gasteiger charge is 2.50. The van der Waals surface area contributed by atoms with Crippen molar-refractivity contribution in [3.8, 4) is 5.75 Å². The van der Waals surface area contributed by atoms with Gasteiger partial charge in [0.15, 0.2) is 0 Å². The van der Waals surface area contributed by atoms with Crippen LogP contribution < -0.4 is 14.4 Å². The second kappa shape index (κ2) is 16.6. The number of ether oxygens (including phenoxy) is 2. The normalized spacial score (nSPS) is 32.1. The number of aliphatic hydroxyl groups is 2. The lowest BCUT2D eigenvalue weighted by atomic mass is 9.63. The summed E-state index contributed by atoms with van der Waals surface area (Å²) in [5, 5.41) is 19.3. The average Bonchev–Trinajstić information content (AvgIpc) is 3.31. The van der Waals surface area contributed by atoms with Crippen molar-refractivity contribution < 1.29 is 32.9 Å². The molecule has 6 atom stereocenters. The van der Waals surface area contributed by atoms with Gasteiger partial charge in [0.05, 0.1) is 17.5 Å². The first-order chi connectivity index (χ1) is 26.4. The molecule has 7 rings (SSSR count). The number of fused-ring (bicyclic) bond motifs is 4. The molecule has 0 radical (unpaired) electrons. The molecule has 55 heavy (non-hydrogen) atoms. The van der Waals surface area contributed by atoms with Crippen molar-refractivity contribution >= 4 is 33.2 Å². The number of sulfonamides is 1. The van der Waals surface area contributed by atoms with Gasteiger partial charge < -0.3 is 29.5 Å². The van der Waals surface area contributed by atoms with Gasteiger partial charge in [0.1, 0.15) is 11.4 Å². The third kappa shape index (κ3) is 8.33. The van der Waals surface area contributed by atoms with Crippen LogP contribution in [-0.2, 0) is 26.6 Å². The molecule has 2 fully saturated rings. The third-order valence-electron chi connectivity index (χ3n) is 13.6. The minimum atomic E-state index is -3.98. The number of allylic oxidation sites excluding steroid dienone is 1. The summed E-state index contributed by atoms with van der Waals surface area (Å²) in [5.74, 6) is 0.155. The molecule has 2 bridgehead atoms. The molecule has 302 valence electrons. The number of hydrogen-bond donors (Lipinski definition) is 3. The maximum atomic E-state index is 13.7. The number of hydrogen-bond acceptors (Lipinski definition) is 10. The Morgan fingerprint density at radius 3 is 2.53 bits per heavy atom. The van der Waals surface area contributed by atoms with Gasteiger partial charge >= 0.3 is 0 Å². The molecule has 1 saturated carbocycles. The topological polar surface area (TPSA) is 132 Å². The van der Waals surface area contributed by atoms with Gasteiger partial charge in [-0.25, -0.2) is 13.1 Å². The number of nitrogens with zero attached hydrogens (tertiary/aromatic N) is 3. The number of amides is 1. The largest absolute Gasteiger partial charge is 0.490 e. The summed E-state index contributed by atoms with van der Waals surface area (Å²) in [6.45, 7) is 10.2. The Morgan fingerprint density at radius 2 is 1.82 bits per heavy atom. The molecule has 5 aliphatic rings. The first-order valence-electron chi connectivity index (χ1n) is 20.1. The maximum absolute atomic E-state index is 13.7. The van der Waals surface area contributed by atoms with Crippen molar-refractivity contribution in [2.75, 3.05) is 84.2 Å². The second-order valence-corrected chi connectivity index (χ2v) is 19.5. The van der Waals surface area contributed by atoms with E-state index in [4.69, 9.17) is 21.1 Å². The number of aliphatic hydroxyl groups excluding tert-OH is 2. The number of rotatable bonds is 7. The zero-order valence-corrected chi connectivity index (χ0v) is 34.2. The summed E-state index contributed by atoms with van der Waals surface area (Å²) >= 11 is 6.50. The van der Waals surface area contributed by atoms with E-state index >= 15 is 0 Å². The Labute approximate surface area is 332 Å². The van der Waals surface area contributed by atoms with Crippen LogP contribution in [0.5, 0.6) is 5.75 Å². The van der Waals surface area contributed by atoms with Crippen molar-refractivity contribution in [3.63, 3.8) is 0 Å². The van der Waals surface area contributed by atoms with E-state index in [-0.39, 0.29) is 41.9 Å². The van der Waals surface area contributed by atoms with E-state index in [1.807, 2.05) is 32.2 Å². The summed E-state index contributed by atoms with van der Waals surface area (Å²) < 4.78 is 43.0. The summed E-state index contributed by atoms with van der Waals surface area (Å²) in [6.07, 6.45) is 9.81. The Hall–Kier alpha value is -2.71. The van der Waals surface area contributed by atoms with Crippen LogP contribution in [0.1, 0.15) is 67.4 Å². The lowest BCUT2D eigenvalue weighted by Crippen LogP contribution is -2.59. The number of methoxy groups -OCH3 is 1. The average molecular weight is 799 g/mol. The van der Waals surface area contributed by atoms with E-state index in [0.717, 1.165) is 75.5 Å². The van der Waals surface area contributed by atoms with Crippen LogP contribution in [0.3, 0.4) is 0 Å². The summed E-state index contributed by atoms with van der Waals surface area (Å²) in [7, 11) is -2.17. The molecule has 1 amide bonds. The number of aryl methyl sites for hydroxylation is 1. The maximum Gasteiger partial charge on any atom is 0.264 e. The monoisotopic (exact) mass is 798 g/mol. The van der Waals surface area contributed by atoms with Crippen molar-refractivity contribution in [1.29, 1.82) is 0 Å². The number of anilines is 1. The second-order valence-electron chi connectivity index (χ2n) is 17.0. The fourth-order valence-electron chi connectivity index (χ4n) is 9.83. The van der Waals surface area contributed by atoms with Gasteiger partial charge in [0.25, 0.3) is 5.91 Å². The highest BCUT2D eigenvalue weighted by atomic mass is 35.5. The first-order valence-corrected chi connectivity index (χ1v) is 22.1. The number of halogens is 1. The summed E-state index contributed by atoms with van der Waals surface area (Å²) in [6, 6.07) is 11.5. The summed E-state index contributed by atoms with van der Waals surface area (Å²) in [4.78, 5) is 20.9. The Balaban J connectivity index is 1.25. The molecule has 1 spiro atoms. The molecule has 13 heteroatoms. The van der Waals surface area contributed by atoms with E-state index in [2.05, 4.69) is 43.7 Å². The molecule has 11 nitrogen and oxygen atoms in total. The Morgan fingerprint density at radius 1 is 1.05 bits per heavy atom. The number of carbonyl (C=O) groups excluding carboxylic acids is 1. The number of piperazine rings is 1. The predicted octanol–water partition coefficient (Wildman–Crippen LogP) is 4.49. The van der Waals surface area contributed by atoms with Crippen molar-refractivity contribution in [2.24, 2.45) is 23.7 Å². The minimum Gasteiger partial charge on any atom is -0.490 e. The van der Waals surface area contributed by atoms with Crippen LogP contribution in [0, 0.1) is 23.7 Å². The van der Waals surface area contributed by atoms with Gasteiger partial charge in [-0.1, -0.05) is 36.7 Å². The Bertz CT molecular complexity index is 1830. The van der Waals surface area contributed by atoms with E-state index in [9.17, 15) is 23.4 Å². The van der Waals surface area contributed by atoms with Crippen molar-refractivity contribution in [2.45, 2.75) is 68.6 Å². The minimum absolute atomic E-state index is 0.0288. The fraction of sp³-hybridized carbons (Fsp3) is 0.643. The molecular formula is C42H59ClN4O7S. The van der Waals surface area contributed by atoms with Gasteiger partial charge in [-0.3, -0.25) is 9.69 Å². The van der Waals surface area contributed by atoms with E-state index < -0.39 is 26.8 Å². The molecule has 3 aliphatic heterocycles. The number of carbonyl (C=O) groups is 1. The van der Waals surface area contributed by atoms with Crippen LogP contribution in [0.15, 0.2) is 48.6 Å². The smallest absolute Gasteiger partial charge is 0.264 e. The number of nitrogens with one attached hydrogen (secondary N) is 1. The molecule has 2 aromatic rings. The zero-order valence-electron chi connectivity index (χ0n) is 32.6. The summed E-state index contributed by atoms with van der Waals surface area (Å²) in [5.41, 5.74) is 2.71. The van der Waals surface area contributed by atoms with Gasteiger partial charge in [0, 0.05) is 94.6 Å². The van der Waals surface area contributed by atoms with Crippen molar-refractivity contribution in [3.05, 3.63) is 70.3 Å². The van der Waals surface area contributed by atoms with E-state index in [0.29, 0.717) is 44.3 Å². The van der Waals surface area contributed by atoms with Crippen LogP contribution >= 0.6 is 11.6 Å². The molecular weight excluding hydrogens is 740 g/mol. The zero-order chi connectivity index (χ0) is 39.0. The van der Waals surface area contributed by atoms with Gasteiger partial charge in [0.2, 0.25) is 10.0 Å². The van der Waals surface area contributed by atoms with Crippen LogP contribution in [0.25, 0.3) is 0 Å². The fourth-order valence-corrected chi connectivity index (χ4v) is 11.3. The predicted molar refractivity (Wildman–Crippen MR) is 215 cm³/mol. The van der Waals surface area contributed by atoms with Gasteiger partial charge in [-0.15, -0.1) is 0 Å².